The Balaban J connectivity index is 2.55. The molecule has 1 aliphatic carbocycles. The van der Waals surface area contributed by atoms with Crippen molar-refractivity contribution in [3.8, 4) is 0 Å². The quantitative estimate of drug-likeness (QED) is 0.411. The zero-order valence-corrected chi connectivity index (χ0v) is 7.97. The van der Waals surface area contributed by atoms with Crippen molar-refractivity contribution in [2.24, 2.45) is 5.73 Å². The third-order valence-electron chi connectivity index (χ3n) is 1.90. The average Bonchev–Trinajstić information content (AvgIpc) is 1.94. The summed E-state index contributed by atoms with van der Waals surface area (Å²) in [5.74, 6) is -1.20. The number of aliphatic hydroxyl groups is 2. The smallest absolute Gasteiger partial charge is 0.160 e. The van der Waals surface area contributed by atoms with E-state index in [0.717, 1.165) is 0 Å². The minimum Gasteiger partial charge on any atom is -0.389 e. The van der Waals surface area contributed by atoms with Crippen LogP contribution in [0, 0.1) is 0 Å². The van der Waals surface area contributed by atoms with Gasteiger partial charge in [0.25, 0.3) is 0 Å². The Labute approximate surface area is 78.0 Å². The second-order valence-electron chi connectivity index (χ2n) is 3.87. The molecule has 0 aliphatic heterocycles. The van der Waals surface area contributed by atoms with Gasteiger partial charge in [-0.2, -0.15) is 0 Å². The summed E-state index contributed by atoms with van der Waals surface area (Å²) in [6, 6.07) is -0.255. The zero-order valence-electron chi connectivity index (χ0n) is 7.97. The molecule has 0 saturated carbocycles. The van der Waals surface area contributed by atoms with Crippen molar-refractivity contribution in [2.45, 2.75) is 44.3 Å². The molecule has 76 valence electrons. The lowest BCUT2D eigenvalue weighted by Gasteiger charge is -2.32. The summed E-state index contributed by atoms with van der Waals surface area (Å²) in [6.45, 7) is 3.09. The number of aliphatic hydroxyl groups excluding tert-OH is 1. The number of hydrogen-bond donors (Lipinski definition) is 3. The van der Waals surface area contributed by atoms with Crippen LogP contribution in [0.5, 0.6) is 0 Å². The maximum Gasteiger partial charge on any atom is 0.160 e. The second-order valence-corrected chi connectivity index (χ2v) is 3.87. The van der Waals surface area contributed by atoms with E-state index in [-0.39, 0.29) is 12.1 Å². The molecule has 0 aromatic heterocycles. The van der Waals surface area contributed by atoms with E-state index in [1.807, 2.05) is 0 Å². The number of ether oxygens (including phenoxy) is 1. The summed E-state index contributed by atoms with van der Waals surface area (Å²) < 4.78 is 5.28. The van der Waals surface area contributed by atoms with Crippen LogP contribution in [0.25, 0.3) is 0 Å². The molecular weight excluding hydrogens is 170 g/mol. The van der Waals surface area contributed by atoms with E-state index in [1.54, 1.807) is 26.0 Å². The predicted molar refractivity (Wildman–Crippen MR) is 48.9 cm³/mol. The molecule has 0 heterocycles. The molecule has 2 unspecified atom stereocenters. The monoisotopic (exact) mass is 187 g/mol. The average molecular weight is 187 g/mol. The van der Waals surface area contributed by atoms with Crippen molar-refractivity contribution in [3.05, 3.63) is 12.2 Å². The second kappa shape index (κ2) is 3.75. The molecule has 1 aliphatic rings. The Kier molecular flexibility index (Phi) is 3.08. The van der Waals surface area contributed by atoms with Gasteiger partial charge in [-0.25, -0.2) is 0 Å². The fraction of sp³-hybridized carbons (Fsp3) is 0.778. The van der Waals surface area contributed by atoms with Gasteiger partial charge in [0, 0.05) is 12.5 Å². The minimum atomic E-state index is -1.20. The lowest BCUT2D eigenvalue weighted by molar-refractivity contribution is -0.212. The van der Waals surface area contributed by atoms with E-state index in [9.17, 15) is 10.2 Å². The number of rotatable bonds is 2. The van der Waals surface area contributed by atoms with Gasteiger partial charge in [-0.3, -0.25) is 0 Å². The SMILES string of the molecule is CC(C)(O)O[C@@H]1CC(O)C=CC1N. The number of hydrogen-bond acceptors (Lipinski definition) is 4. The molecule has 0 spiro atoms. The van der Waals surface area contributed by atoms with Gasteiger partial charge < -0.3 is 20.7 Å². The van der Waals surface area contributed by atoms with Gasteiger partial charge in [-0.05, 0) is 13.8 Å². The highest BCUT2D eigenvalue weighted by molar-refractivity contribution is 5.05. The standard InChI is InChI=1S/C9H17NO3/c1-9(2,12)13-8-5-6(11)3-4-7(8)10/h3-4,6-8,11-12H,5,10H2,1-2H3/t6?,7?,8-/m1/s1. The van der Waals surface area contributed by atoms with Gasteiger partial charge in [0.15, 0.2) is 5.79 Å². The van der Waals surface area contributed by atoms with Gasteiger partial charge in [-0.15, -0.1) is 0 Å². The first kappa shape index (κ1) is 10.7. The van der Waals surface area contributed by atoms with Crippen LogP contribution >= 0.6 is 0 Å². The largest absolute Gasteiger partial charge is 0.389 e. The lowest BCUT2D eigenvalue weighted by atomic mass is 9.97. The van der Waals surface area contributed by atoms with Crippen molar-refractivity contribution in [2.75, 3.05) is 0 Å². The predicted octanol–water partition coefficient (Wildman–Crippen LogP) is -0.252. The molecule has 0 bridgehead atoms. The fourth-order valence-electron chi connectivity index (χ4n) is 1.35. The highest BCUT2D eigenvalue weighted by Gasteiger charge is 2.28. The fourth-order valence-corrected chi connectivity index (χ4v) is 1.35. The Morgan fingerprint density at radius 2 is 2.08 bits per heavy atom. The van der Waals surface area contributed by atoms with Gasteiger partial charge in [0.1, 0.15) is 0 Å². The van der Waals surface area contributed by atoms with E-state index in [4.69, 9.17) is 10.5 Å². The topological polar surface area (TPSA) is 75.7 Å². The summed E-state index contributed by atoms with van der Waals surface area (Å²) in [5, 5.41) is 18.7. The van der Waals surface area contributed by atoms with E-state index < -0.39 is 11.9 Å². The molecule has 0 aromatic carbocycles. The summed E-state index contributed by atoms with van der Waals surface area (Å²) in [7, 11) is 0. The molecule has 3 atom stereocenters. The summed E-state index contributed by atoms with van der Waals surface area (Å²) >= 11 is 0. The van der Waals surface area contributed by atoms with Crippen LogP contribution in [-0.4, -0.2) is 34.2 Å². The Morgan fingerprint density at radius 3 is 2.62 bits per heavy atom. The summed E-state index contributed by atoms with van der Waals surface area (Å²) in [4.78, 5) is 0. The first-order valence-corrected chi connectivity index (χ1v) is 4.40. The highest BCUT2D eigenvalue weighted by atomic mass is 16.6. The molecule has 4 N–H and O–H groups in total. The van der Waals surface area contributed by atoms with E-state index >= 15 is 0 Å². The Bertz CT molecular complexity index is 198. The van der Waals surface area contributed by atoms with Crippen molar-refractivity contribution < 1.29 is 14.9 Å². The van der Waals surface area contributed by atoms with Crippen LogP contribution in [-0.2, 0) is 4.74 Å². The van der Waals surface area contributed by atoms with Crippen molar-refractivity contribution >= 4 is 0 Å². The van der Waals surface area contributed by atoms with Crippen LogP contribution < -0.4 is 5.73 Å². The van der Waals surface area contributed by atoms with Crippen LogP contribution in [0.2, 0.25) is 0 Å². The molecule has 0 fully saturated rings. The maximum atomic E-state index is 9.39. The first-order chi connectivity index (χ1) is 5.88. The third kappa shape index (κ3) is 3.44. The molecule has 13 heavy (non-hydrogen) atoms. The Morgan fingerprint density at radius 1 is 1.46 bits per heavy atom. The van der Waals surface area contributed by atoms with Gasteiger partial charge in [0.2, 0.25) is 0 Å². The zero-order chi connectivity index (χ0) is 10.1. The molecular formula is C9H17NO3. The maximum absolute atomic E-state index is 9.39. The summed E-state index contributed by atoms with van der Waals surface area (Å²) in [5.41, 5.74) is 5.71. The molecule has 0 amide bonds. The van der Waals surface area contributed by atoms with Crippen LogP contribution in [0.3, 0.4) is 0 Å². The molecule has 1 rings (SSSR count). The molecule has 4 nitrogen and oxygen atoms in total. The van der Waals surface area contributed by atoms with Gasteiger partial charge in [-0.1, -0.05) is 12.2 Å². The van der Waals surface area contributed by atoms with Crippen molar-refractivity contribution in [3.63, 3.8) is 0 Å². The van der Waals surface area contributed by atoms with E-state index in [2.05, 4.69) is 0 Å². The first-order valence-electron chi connectivity index (χ1n) is 4.40. The molecule has 0 aromatic rings. The van der Waals surface area contributed by atoms with E-state index in [0.29, 0.717) is 6.42 Å². The lowest BCUT2D eigenvalue weighted by Crippen LogP contribution is -2.45. The Hall–Kier alpha value is -0.420. The molecule has 0 radical (unpaired) electrons. The third-order valence-corrected chi connectivity index (χ3v) is 1.90. The normalized spacial score (nSPS) is 35.0. The number of nitrogens with two attached hydrogens (primary N) is 1. The van der Waals surface area contributed by atoms with E-state index in [1.165, 1.54) is 0 Å². The highest BCUT2D eigenvalue weighted by Crippen LogP contribution is 2.19. The minimum absolute atomic E-state index is 0.255. The van der Waals surface area contributed by atoms with Crippen LogP contribution in [0.1, 0.15) is 20.3 Å². The van der Waals surface area contributed by atoms with Gasteiger partial charge in [0.05, 0.1) is 12.2 Å². The summed E-state index contributed by atoms with van der Waals surface area (Å²) in [6.07, 6.45) is 2.94. The molecule has 4 heteroatoms. The van der Waals surface area contributed by atoms with Crippen molar-refractivity contribution in [1.29, 1.82) is 0 Å². The van der Waals surface area contributed by atoms with Crippen LogP contribution in [0.4, 0.5) is 0 Å². The van der Waals surface area contributed by atoms with Crippen molar-refractivity contribution in [1.82, 2.24) is 0 Å². The molecule has 0 saturated heterocycles. The van der Waals surface area contributed by atoms with Crippen LogP contribution in [0.15, 0.2) is 12.2 Å². The van der Waals surface area contributed by atoms with Gasteiger partial charge >= 0.3 is 0 Å².